The van der Waals surface area contributed by atoms with Crippen molar-refractivity contribution in [1.82, 2.24) is 0 Å². The van der Waals surface area contributed by atoms with Crippen LogP contribution >= 0.6 is 0 Å². The quantitative estimate of drug-likeness (QED) is 0.466. The molecular weight excluding hydrogens is 204 g/mol. The van der Waals surface area contributed by atoms with Crippen LogP contribution in [0.2, 0.25) is 0 Å². The third-order valence-corrected chi connectivity index (χ3v) is 1.72. The molecule has 1 heterocycles. The maximum atomic E-state index is 11.1. The second-order valence-corrected chi connectivity index (χ2v) is 3.22. The molecule has 2 unspecified atom stereocenters. The fourth-order valence-corrected chi connectivity index (χ4v) is 0.953. The largest absolute Gasteiger partial charge is 0.463 e. The number of esters is 2. The van der Waals surface area contributed by atoms with Crippen molar-refractivity contribution < 1.29 is 28.9 Å². The number of carbonyl (C=O) groups is 2. The second kappa shape index (κ2) is 5.67. The van der Waals surface area contributed by atoms with Gasteiger partial charge in [0.1, 0.15) is 12.7 Å². The third-order valence-electron chi connectivity index (χ3n) is 1.72. The van der Waals surface area contributed by atoms with Crippen molar-refractivity contribution in [3.63, 3.8) is 0 Å². The maximum Gasteiger partial charge on any atom is 0.337 e. The molecule has 0 aliphatic carbocycles. The fraction of sp³-hybridized carbons (Fsp3) is 0.778. The molecule has 1 aliphatic heterocycles. The van der Waals surface area contributed by atoms with Gasteiger partial charge in [0.15, 0.2) is 6.10 Å². The molecule has 6 heteroatoms. The van der Waals surface area contributed by atoms with Gasteiger partial charge in [0.2, 0.25) is 0 Å². The van der Waals surface area contributed by atoms with E-state index in [-0.39, 0.29) is 19.6 Å². The van der Waals surface area contributed by atoms with Crippen molar-refractivity contribution in [2.45, 2.75) is 25.6 Å². The molecule has 6 nitrogen and oxygen atoms in total. The predicted octanol–water partition coefficient (Wildman–Crippen LogP) is -0.758. The summed E-state index contributed by atoms with van der Waals surface area (Å²) < 4.78 is 14.2. The highest BCUT2D eigenvalue weighted by Crippen LogP contribution is 2.12. The minimum Gasteiger partial charge on any atom is -0.463 e. The Morgan fingerprint density at radius 1 is 1.60 bits per heavy atom. The van der Waals surface area contributed by atoms with E-state index in [1.165, 1.54) is 0 Å². The molecule has 0 radical (unpaired) electrons. The first-order valence-corrected chi connectivity index (χ1v) is 4.72. The van der Waals surface area contributed by atoms with Crippen LogP contribution in [0.3, 0.4) is 0 Å². The molecule has 0 aromatic heterocycles. The lowest BCUT2D eigenvalue weighted by atomic mass is 10.3. The van der Waals surface area contributed by atoms with Crippen LogP contribution in [0, 0.1) is 0 Å². The Balaban J connectivity index is 2.13. The predicted molar refractivity (Wildman–Crippen MR) is 48.0 cm³/mol. The average molecular weight is 218 g/mol. The molecule has 0 spiro atoms. The van der Waals surface area contributed by atoms with Gasteiger partial charge in [-0.05, 0) is 6.92 Å². The number of aliphatic hydroxyl groups excluding tert-OH is 1. The summed E-state index contributed by atoms with van der Waals surface area (Å²) in [5.74, 6) is -0.946. The van der Waals surface area contributed by atoms with Gasteiger partial charge in [-0.25, -0.2) is 4.79 Å². The van der Waals surface area contributed by atoms with Crippen LogP contribution in [0.25, 0.3) is 0 Å². The number of ether oxygens (including phenoxy) is 3. The smallest absolute Gasteiger partial charge is 0.337 e. The summed E-state index contributed by atoms with van der Waals surface area (Å²) in [5.41, 5.74) is 0. The molecule has 1 N–H and O–H groups in total. The maximum absolute atomic E-state index is 11.1. The first-order chi connectivity index (χ1) is 7.13. The summed E-state index contributed by atoms with van der Waals surface area (Å²) >= 11 is 0. The van der Waals surface area contributed by atoms with E-state index in [1.807, 2.05) is 0 Å². The Morgan fingerprint density at radius 2 is 2.27 bits per heavy atom. The monoisotopic (exact) mass is 218 g/mol. The summed E-state index contributed by atoms with van der Waals surface area (Å²) in [7, 11) is 0. The summed E-state index contributed by atoms with van der Waals surface area (Å²) in [5, 5.41) is 8.40. The molecule has 1 fully saturated rings. The van der Waals surface area contributed by atoms with E-state index < -0.39 is 24.1 Å². The number of epoxide rings is 1. The molecule has 1 saturated heterocycles. The molecule has 1 rings (SSSR count). The molecule has 86 valence electrons. The number of hydrogen-bond donors (Lipinski definition) is 1. The zero-order chi connectivity index (χ0) is 11.3. The van der Waals surface area contributed by atoms with Crippen LogP contribution < -0.4 is 0 Å². The van der Waals surface area contributed by atoms with E-state index in [0.29, 0.717) is 6.61 Å². The number of rotatable bonds is 6. The highest BCUT2D eigenvalue weighted by Gasteiger charge is 2.34. The molecule has 15 heavy (non-hydrogen) atoms. The first-order valence-electron chi connectivity index (χ1n) is 4.72. The molecule has 0 aromatic carbocycles. The van der Waals surface area contributed by atoms with Crippen LogP contribution in [-0.4, -0.2) is 49.1 Å². The SMILES string of the molecule is CC(CC(=O)OCCO)OC(=O)C1CO1. The Bertz CT molecular complexity index is 235. The normalized spacial score (nSPS) is 20.5. The van der Waals surface area contributed by atoms with Gasteiger partial charge in [-0.15, -0.1) is 0 Å². The van der Waals surface area contributed by atoms with Gasteiger partial charge in [0.05, 0.1) is 19.6 Å². The summed E-state index contributed by atoms with van der Waals surface area (Å²) in [6.07, 6.45) is -1.01. The van der Waals surface area contributed by atoms with Crippen molar-refractivity contribution in [3.05, 3.63) is 0 Å². The standard InChI is InChI=1S/C9H14O6/c1-6(4-8(11)13-3-2-10)15-9(12)7-5-14-7/h6-7,10H,2-5H2,1H3. The molecule has 0 bridgehead atoms. The first kappa shape index (κ1) is 11.9. The molecule has 0 amide bonds. The van der Waals surface area contributed by atoms with Crippen molar-refractivity contribution in [1.29, 1.82) is 0 Å². The molecular formula is C9H14O6. The number of carbonyl (C=O) groups excluding carboxylic acids is 2. The van der Waals surface area contributed by atoms with E-state index in [4.69, 9.17) is 14.6 Å². The minimum atomic E-state index is -0.534. The van der Waals surface area contributed by atoms with Gasteiger partial charge in [-0.1, -0.05) is 0 Å². The average Bonchev–Trinajstić information content (AvgIpc) is 2.97. The van der Waals surface area contributed by atoms with Crippen LogP contribution in [0.4, 0.5) is 0 Å². The molecule has 2 atom stereocenters. The van der Waals surface area contributed by atoms with Crippen molar-refractivity contribution in [2.24, 2.45) is 0 Å². The van der Waals surface area contributed by atoms with Crippen LogP contribution in [0.1, 0.15) is 13.3 Å². The van der Waals surface area contributed by atoms with Gasteiger partial charge in [-0.3, -0.25) is 4.79 Å². The second-order valence-electron chi connectivity index (χ2n) is 3.22. The lowest BCUT2D eigenvalue weighted by molar-refractivity contribution is -0.155. The Morgan fingerprint density at radius 3 is 2.80 bits per heavy atom. The van der Waals surface area contributed by atoms with Gasteiger partial charge in [0, 0.05) is 0 Å². The Kier molecular flexibility index (Phi) is 4.51. The number of hydrogen-bond acceptors (Lipinski definition) is 6. The zero-order valence-corrected chi connectivity index (χ0v) is 8.47. The minimum absolute atomic E-state index is 0.0154. The molecule has 1 aliphatic rings. The zero-order valence-electron chi connectivity index (χ0n) is 8.47. The summed E-state index contributed by atoms with van der Waals surface area (Å²) in [4.78, 5) is 22.1. The van der Waals surface area contributed by atoms with Gasteiger partial charge in [-0.2, -0.15) is 0 Å². The van der Waals surface area contributed by atoms with Gasteiger partial charge >= 0.3 is 11.9 Å². The number of aliphatic hydroxyl groups is 1. The third kappa shape index (κ3) is 4.75. The fourth-order valence-electron chi connectivity index (χ4n) is 0.953. The highest BCUT2D eigenvalue weighted by molar-refractivity contribution is 5.77. The summed E-state index contributed by atoms with van der Waals surface area (Å²) in [6.45, 7) is 1.74. The van der Waals surface area contributed by atoms with Crippen LogP contribution in [-0.2, 0) is 23.8 Å². The van der Waals surface area contributed by atoms with Crippen LogP contribution in [0.15, 0.2) is 0 Å². The molecule has 0 saturated carbocycles. The van der Waals surface area contributed by atoms with Crippen molar-refractivity contribution in [2.75, 3.05) is 19.8 Å². The lowest BCUT2D eigenvalue weighted by Gasteiger charge is -2.11. The van der Waals surface area contributed by atoms with Gasteiger partial charge < -0.3 is 19.3 Å². The van der Waals surface area contributed by atoms with Crippen LogP contribution in [0.5, 0.6) is 0 Å². The van der Waals surface area contributed by atoms with Gasteiger partial charge in [0.25, 0.3) is 0 Å². The van der Waals surface area contributed by atoms with Crippen molar-refractivity contribution >= 4 is 11.9 Å². The Hall–Kier alpha value is -1.14. The lowest BCUT2D eigenvalue weighted by Crippen LogP contribution is -2.23. The highest BCUT2D eigenvalue weighted by atomic mass is 16.6. The summed E-state index contributed by atoms with van der Waals surface area (Å²) in [6, 6.07) is 0. The molecule has 0 aromatic rings. The van der Waals surface area contributed by atoms with E-state index in [9.17, 15) is 9.59 Å². The van der Waals surface area contributed by atoms with E-state index in [2.05, 4.69) is 4.74 Å². The van der Waals surface area contributed by atoms with E-state index in [0.717, 1.165) is 0 Å². The van der Waals surface area contributed by atoms with Crippen molar-refractivity contribution in [3.8, 4) is 0 Å². The van der Waals surface area contributed by atoms with E-state index in [1.54, 1.807) is 6.92 Å². The topological polar surface area (TPSA) is 85.4 Å². The Labute approximate surface area is 87.1 Å². The van der Waals surface area contributed by atoms with E-state index >= 15 is 0 Å².